The molecule has 0 spiro atoms. The first kappa shape index (κ1) is 16.5. The smallest absolute Gasteiger partial charge is 0.433 e. The van der Waals surface area contributed by atoms with Gasteiger partial charge in [-0.25, -0.2) is 14.3 Å². The highest BCUT2D eigenvalue weighted by molar-refractivity contribution is 6.02. The lowest BCUT2D eigenvalue weighted by atomic mass is 10.3. The van der Waals surface area contributed by atoms with Crippen molar-refractivity contribution in [3.63, 3.8) is 0 Å². The van der Waals surface area contributed by atoms with E-state index in [1.807, 2.05) is 0 Å². The van der Waals surface area contributed by atoms with Gasteiger partial charge in [-0.15, -0.1) is 0 Å². The van der Waals surface area contributed by atoms with Crippen molar-refractivity contribution in [2.24, 2.45) is 10.9 Å². The minimum atomic E-state index is -4.63. The minimum Gasteiger partial charge on any atom is -0.457 e. The van der Waals surface area contributed by atoms with Gasteiger partial charge in [-0.3, -0.25) is 0 Å². The van der Waals surface area contributed by atoms with Crippen LogP contribution in [0.1, 0.15) is 27.5 Å². The van der Waals surface area contributed by atoms with Crippen LogP contribution in [0.25, 0.3) is 5.65 Å². The van der Waals surface area contributed by atoms with Crippen molar-refractivity contribution in [1.29, 1.82) is 0 Å². The lowest BCUT2D eigenvalue weighted by molar-refractivity contribution is -0.142. The molecule has 2 N–H and O–H groups in total. The number of aryl methyl sites for hydroxylation is 1. The van der Waals surface area contributed by atoms with E-state index in [-0.39, 0.29) is 28.5 Å². The highest BCUT2D eigenvalue weighted by atomic mass is 19.4. The molecule has 3 heterocycles. The Morgan fingerprint density at radius 2 is 2.20 bits per heavy atom. The predicted octanol–water partition coefficient (Wildman–Crippen LogP) is 2.13. The molecule has 0 radical (unpaired) electrons. The highest BCUT2D eigenvalue weighted by Crippen LogP contribution is 2.30. The molecule has 0 aliphatic rings. The largest absolute Gasteiger partial charge is 0.457 e. The predicted molar refractivity (Wildman–Crippen MR) is 77.6 cm³/mol. The molecule has 11 heteroatoms. The van der Waals surface area contributed by atoms with Crippen LogP contribution < -0.4 is 5.73 Å². The fraction of sp³-hybridized carbons (Fsp3) is 0.143. The molecular formula is C14H10F3N5O3. The highest BCUT2D eigenvalue weighted by Gasteiger charge is 2.35. The Morgan fingerprint density at radius 1 is 1.44 bits per heavy atom. The van der Waals surface area contributed by atoms with Crippen molar-refractivity contribution in [2.45, 2.75) is 13.1 Å². The van der Waals surface area contributed by atoms with Gasteiger partial charge in [0.05, 0.1) is 18.0 Å². The van der Waals surface area contributed by atoms with Gasteiger partial charge in [0, 0.05) is 5.69 Å². The molecule has 0 fully saturated rings. The number of nitrogens with two attached hydrogens (primary N) is 1. The summed E-state index contributed by atoms with van der Waals surface area (Å²) >= 11 is 0. The van der Waals surface area contributed by atoms with Crippen LogP contribution in [0.15, 0.2) is 40.2 Å². The molecule has 0 saturated heterocycles. The van der Waals surface area contributed by atoms with Gasteiger partial charge in [0.25, 0.3) is 0 Å². The van der Waals surface area contributed by atoms with E-state index in [9.17, 15) is 18.0 Å². The lowest BCUT2D eigenvalue weighted by Crippen LogP contribution is -2.17. The van der Waals surface area contributed by atoms with Crippen LogP contribution in [0.2, 0.25) is 0 Å². The number of nitrogens with zero attached hydrogens (tertiary/aromatic N) is 4. The number of hydrogen-bond donors (Lipinski definition) is 1. The van der Waals surface area contributed by atoms with E-state index in [2.05, 4.69) is 20.1 Å². The molecule has 0 bridgehead atoms. The Bertz CT molecular complexity index is 960. The SMILES string of the molecule is Cc1cc(C(F)(F)F)n2ncc(/C(N)=N/OC(=O)c3ccco3)c2n1. The second kappa shape index (κ2) is 5.92. The number of rotatable bonds is 3. The van der Waals surface area contributed by atoms with E-state index >= 15 is 0 Å². The number of halogens is 3. The first-order valence-corrected chi connectivity index (χ1v) is 6.78. The molecule has 25 heavy (non-hydrogen) atoms. The maximum atomic E-state index is 13.1. The number of aromatic nitrogens is 3. The van der Waals surface area contributed by atoms with E-state index in [1.165, 1.54) is 25.3 Å². The average molecular weight is 353 g/mol. The van der Waals surface area contributed by atoms with Crippen molar-refractivity contribution in [3.8, 4) is 0 Å². The first-order chi connectivity index (χ1) is 11.8. The van der Waals surface area contributed by atoms with Crippen molar-refractivity contribution < 1.29 is 27.2 Å². The Labute approximate surface area is 137 Å². The van der Waals surface area contributed by atoms with Crippen LogP contribution in [0, 0.1) is 6.92 Å². The molecular weight excluding hydrogens is 343 g/mol. The summed E-state index contributed by atoms with van der Waals surface area (Å²) in [5.41, 5.74) is 4.61. The fourth-order valence-corrected chi connectivity index (χ4v) is 2.05. The van der Waals surface area contributed by atoms with E-state index in [0.717, 1.165) is 12.3 Å². The number of carbonyl (C=O) groups excluding carboxylic acids is 1. The Balaban J connectivity index is 1.97. The van der Waals surface area contributed by atoms with Crippen molar-refractivity contribution in [1.82, 2.24) is 14.6 Å². The van der Waals surface area contributed by atoms with Crippen LogP contribution in [0.4, 0.5) is 13.2 Å². The average Bonchev–Trinajstić information content (AvgIpc) is 3.19. The first-order valence-electron chi connectivity index (χ1n) is 6.78. The van der Waals surface area contributed by atoms with Crippen LogP contribution >= 0.6 is 0 Å². The molecule has 3 aromatic rings. The van der Waals surface area contributed by atoms with E-state index in [1.54, 1.807) is 0 Å². The third-order valence-corrected chi connectivity index (χ3v) is 3.12. The standard InChI is InChI=1S/C14H10F3N5O3/c1-7-5-10(14(15,16)17)22-12(20-7)8(6-19-22)11(18)21-25-13(23)9-3-2-4-24-9/h2-6H,1H3,(H2,18,21). The van der Waals surface area contributed by atoms with Crippen LogP contribution in [-0.4, -0.2) is 26.4 Å². The van der Waals surface area contributed by atoms with Gasteiger partial charge in [-0.2, -0.15) is 18.3 Å². The molecule has 3 aromatic heterocycles. The molecule has 0 atom stereocenters. The van der Waals surface area contributed by atoms with Gasteiger partial charge in [0.2, 0.25) is 5.76 Å². The van der Waals surface area contributed by atoms with Crippen molar-refractivity contribution in [3.05, 3.63) is 53.4 Å². The van der Waals surface area contributed by atoms with Crippen molar-refractivity contribution >= 4 is 17.5 Å². The normalized spacial score (nSPS) is 12.6. The number of amidine groups is 1. The van der Waals surface area contributed by atoms with Gasteiger partial charge < -0.3 is 15.0 Å². The maximum absolute atomic E-state index is 13.1. The fourth-order valence-electron chi connectivity index (χ4n) is 2.05. The second-order valence-corrected chi connectivity index (χ2v) is 4.91. The second-order valence-electron chi connectivity index (χ2n) is 4.91. The van der Waals surface area contributed by atoms with Crippen LogP contribution in [0.3, 0.4) is 0 Å². The number of carbonyl (C=O) groups is 1. The molecule has 0 aliphatic carbocycles. The summed E-state index contributed by atoms with van der Waals surface area (Å²) in [5, 5.41) is 7.04. The third-order valence-electron chi connectivity index (χ3n) is 3.12. The molecule has 0 aliphatic heterocycles. The molecule has 0 saturated carbocycles. The number of furan rings is 1. The summed E-state index contributed by atoms with van der Waals surface area (Å²) in [5.74, 6) is -1.38. The topological polar surface area (TPSA) is 108 Å². The zero-order valence-corrected chi connectivity index (χ0v) is 12.6. The van der Waals surface area contributed by atoms with E-state index in [0.29, 0.717) is 4.52 Å². The summed E-state index contributed by atoms with van der Waals surface area (Å²) in [6.07, 6.45) is -2.32. The Morgan fingerprint density at radius 3 is 2.84 bits per heavy atom. The monoisotopic (exact) mass is 353 g/mol. The van der Waals surface area contributed by atoms with Crippen LogP contribution in [-0.2, 0) is 11.0 Å². The van der Waals surface area contributed by atoms with Gasteiger partial charge in [-0.1, -0.05) is 5.16 Å². The Hall–Kier alpha value is -3.37. The van der Waals surface area contributed by atoms with Gasteiger partial charge in [0.1, 0.15) is 5.69 Å². The minimum absolute atomic E-state index is 0.0126. The maximum Gasteiger partial charge on any atom is 0.433 e. The summed E-state index contributed by atoms with van der Waals surface area (Å²) in [6, 6.07) is 3.68. The zero-order valence-electron chi connectivity index (χ0n) is 12.6. The number of alkyl halides is 3. The zero-order chi connectivity index (χ0) is 18.2. The number of hydrogen-bond acceptors (Lipinski definition) is 6. The quantitative estimate of drug-likeness (QED) is 0.334. The lowest BCUT2D eigenvalue weighted by Gasteiger charge is -2.09. The molecule has 3 rings (SSSR count). The molecule has 0 unspecified atom stereocenters. The summed E-state index contributed by atoms with van der Waals surface area (Å²) in [6.45, 7) is 1.40. The summed E-state index contributed by atoms with van der Waals surface area (Å²) in [7, 11) is 0. The van der Waals surface area contributed by atoms with Crippen molar-refractivity contribution in [2.75, 3.05) is 0 Å². The summed E-state index contributed by atoms with van der Waals surface area (Å²) < 4.78 is 44.7. The van der Waals surface area contributed by atoms with Crippen LogP contribution in [0.5, 0.6) is 0 Å². The van der Waals surface area contributed by atoms with E-state index in [4.69, 9.17) is 10.2 Å². The molecule has 8 nitrogen and oxygen atoms in total. The third kappa shape index (κ3) is 3.16. The molecule has 0 aromatic carbocycles. The van der Waals surface area contributed by atoms with Gasteiger partial charge >= 0.3 is 12.1 Å². The van der Waals surface area contributed by atoms with Gasteiger partial charge in [-0.05, 0) is 25.1 Å². The molecule has 130 valence electrons. The Kier molecular flexibility index (Phi) is 3.91. The van der Waals surface area contributed by atoms with Gasteiger partial charge in [0.15, 0.2) is 11.5 Å². The molecule has 0 amide bonds. The summed E-state index contributed by atoms with van der Waals surface area (Å²) in [4.78, 5) is 20.2. The number of fused-ring (bicyclic) bond motifs is 1. The van der Waals surface area contributed by atoms with E-state index < -0.39 is 17.8 Å². The number of oxime groups is 1.